The van der Waals surface area contributed by atoms with Crippen LogP contribution in [0.25, 0.3) is 0 Å². The smallest absolute Gasteiger partial charge is 0.0105 e. The summed E-state index contributed by atoms with van der Waals surface area (Å²) in [7, 11) is 0. The Morgan fingerprint density at radius 2 is 2.09 bits per heavy atom. The molecule has 1 atom stereocenters. The molecule has 0 aliphatic carbocycles. The van der Waals surface area contributed by atoms with Crippen molar-refractivity contribution >= 4 is 0 Å². The minimum atomic E-state index is 0.428. The third-order valence-electron chi connectivity index (χ3n) is 2.31. The van der Waals surface area contributed by atoms with Gasteiger partial charge in [0.2, 0.25) is 0 Å². The predicted octanol–water partition coefficient (Wildman–Crippen LogP) is -0.242. The van der Waals surface area contributed by atoms with Crippen molar-refractivity contribution in [2.24, 2.45) is 11.5 Å². The molecule has 1 rings (SSSR count). The van der Waals surface area contributed by atoms with Crippen LogP contribution in [0.2, 0.25) is 0 Å². The average molecular weight is 157 g/mol. The standard InChI is InChI=1S/C8H19N3/c9-4-7-11-5-1-2-8(10)3-6-11/h8H,1-7,9-10H2/t8-/m0/s1. The quantitative estimate of drug-likeness (QED) is 0.581. The second-order valence-corrected chi connectivity index (χ2v) is 3.32. The van der Waals surface area contributed by atoms with E-state index in [2.05, 4.69) is 4.90 Å². The fourth-order valence-electron chi connectivity index (χ4n) is 1.59. The molecule has 11 heavy (non-hydrogen) atoms. The van der Waals surface area contributed by atoms with Crippen LogP contribution in [0.4, 0.5) is 0 Å². The predicted molar refractivity (Wildman–Crippen MR) is 47.3 cm³/mol. The summed E-state index contributed by atoms with van der Waals surface area (Å²) in [5.41, 5.74) is 11.3. The average Bonchev–Trinajstić information content (AvgIpc) is 2.17. The van der Waals surface area contributed by atoms with Crippen molar-refractivity contribution in [3.05, 3.63) is 0 Å². The molecular formula is C8H19N3. The molecule has 1 aliphatic heterocycles. The molecule has 3 heteroatoms. The van der Waals surface area contributed by atoms with Crippen molar-refractivity contribution in [1.29, 1.82) is 0 Å². The minimum Gasteiger partial charge on any atom is -0.329 e. The van der Waals surface area contributed by atoms with E-state index in [1.54, 1.807) is 0 Å². The molecule has 1 fully saturated rings. The van der Waals surface area contributed by atoms with Crippen molar-refractivity contribution in [3.8, 4) is 0 Å². The van der Waals surface area contributed by atoms with Crippen LogP contribution in [0.3, 0.4) is 0 Å². The molecule has 0 radical (unpaired) electrons. The van der Waals surface area contributed by atoms with Gasteiger partial charge in [-0.25, -0.2) is 0 Å². The molecule has 0 unspecified atom stereocenters. The van der Waals surface area contributed by atoms with Gasteiger partial charge in [-0.2, -0.15) is 0 Å². The van der Waals surface area contributed by atoms with E-state index in [1.165, 1.54) is 19.4 Å². The van der Waals surface area contributed by atoms with E-state index < -0.39 is 0 Å². The summed E-state index contributed by atoms with van der Waals surface area (Å²) in [6, 6.07) is 0.428. The molecule has 0 aromatic rings. The van der Waals surface area contributed by atoms with Gasteiger partial charge in [-0.15, -0.1) is 0 Å². The minimum absolute atomic E-state index is 0.428. The van der Waals surface area contributed by atoms with Crippen LogP contribution in [0, 0.1) is 0 Å². The summed E-state index contributed by atoms with van der Waals surface area (Å²) in [4.78, 5) is 2.41. The van der Waals surface area contributed by atoms with E-state index in [0.717, 1.165) is 26.1 Å². The number of rotatable bonds is 2. The first kappa shape index (κ1) is 8.97. The lowest BCUT2D eigenvalue weighted by Crippen LogP contribution is -2.31. The van der Waals surface area contributed by atoms with Crippen LogP contribution >= 0.6 is 0 Å². The van der Waals surface area contributed by atoms with E-state index in [-0.39, 0.29) is 0 Å². The third-order valence-corrected chi connectivity index (χ3v) is 2.31. The molecule has 0 aromatic carbocycles. The summed E-state index contributed by atoms with van der Waals surface area (Å²) < 4.78 is 0. The first-order chi connectivity index (χ1) is 5.33. The lowest BCUT2D eigenvalue weighted by atomic mass is 10.1. The molecule has 0 spiro atoms. The Morgan fingerprint density at radius 1 is 1.27 bits per heavy atom. The maximum Gasteiger partial charge on any atom is 0.0105 e. The monoisotopic (exact) mass is 157 g/mol. The Hall–Kier alpha value is -0.120. The van der Waals surface area contributed by atoms with Crippen LogP contribution in [0.1, 0.15) is 19.3 Å². The Kier molecular flexibility index (Phi) is 3.83. The molecule has 1 heterocycles. The molecule has 3 nitrogen and oxygen atoms in total. The lowest BCUT2D eigenvalue weighted by Gasteiger charge is -2.18. The molecule has 0 aromatic heterocycles. The van der Waals surface area contributed by atoms with E-state index in [4.69, 9.17) is 11.5 Å². The van der Waals surface area contributed by atoms with E-state index >= 15 is 0 Å². The van der Waals surface area contributed by atoms with Crippen molar-refractivity contribution in [2.75, 3.05) is 26.2 Å². The second kappa shape index (κ2) is 4.70. The normalized spacial score (nSPS) is 28.4. The van der Waals surface area contributed by atoms with Crippen LogP contribution < -0.4 is 11.5 Å². The molecule has 0 amide bonds. The van der Waals surface area contributed by atoms with E-state index in [0.29, 0.717) is 6.04 Å². The van der Waals surface area contributed by atoms with Gasteiger partial charge >= 0.3 is 0 Å². The fraction of sp³-hybridized carbons (Fsp3) is 1.00. The maximum absolute atomic E-state index is 5.84. The largest absolute Gasteiger partial charge is 0.329 e. The molecule has 4 N–H and O–H groups in total. The van der Waals surface area contributed by atoms with Crippen LogP contribution in [0.5, 0.6) is 0 Å². The summed E-state index contributed by atoms with van der Waals surface area (Å²) in [5.74, 6) is 0. The summed E-state index contributed by atoms with van der Waals surface area (Å²) in [6.07, 6.45) is 3.56. The Labute approximate surface area is 68.7 Å². The van der Waals surface area contributed by atoms with Crippen LogP contribution in [-0.4, -0.2) is 37.1 Å². The topological polar surface area (TPSA) is 55.3 Å². The zero-order valence-electron chi connectivity index (χ0n) is 7.13. The number of hydrogen-bond acceptors (Lipinski definition) is 3. The van der Waals surface area contributed by atoms with Gasteiger partial charge in [-0.3, -0.25) is 0 Å². The highest BCUT2D eigenvalue weighted by molar-refractivity contribution is 4.71. The van der Waals surface area contributed by atoms with E-state index in [1.807, 2.05) is 0 Å². The number of nitrogens with zero attached hydrogens (tertiary/aromatic N) is 1. The van der Waals surface area contributed by atoms with Gasteiger partial charge in [0.25, 0.3) is 0 Å². The van der Waals surface area contributed by atoms with Crippen LogP contribution in [-0.2, 0) is 0 Å². The van der Waals surface area contributed by atoms with Crippen molar-refractivity contribution in [3.63, 3.8) is 0 Å². The Balaban J connectivity index is 2.22. The Bertz CT molecular complexity index is 106. The SMILES string of the molecule is NCCN1CCC[C@H](N)CC1. The highest BCUT2D eigenvalue weighted by atomic mass is 15.1. The maximum atomic E-state index is 5.84. The molecule has 0 saturated carbocycles. The number of likely N-dealkylation sites (tertiary alicyclic amines) is 1. The zero-order valence-corrected chi connectivity index (χ0v) is 7.13. The fourth-order valence-corrected chi connectivity index (χ4v) is 1.59. The van der Waals surface area contributed by atoms with Crippen LogP contribution in [0.15, 0.2) is 0 Å². The highest BCUT2D eigenvalue weighted by Gasteiger charge is 2.12. The van der Waals surface area contributed by atoms with Gasteiger partial charge in [0.05, 0.1) is 0 Å². The molecule has 1 aliphatic rings. The van der Waals surface area contributed by atoms with Gasteiger partial charge in [0.1, 0.15) is 0 Å². The van der Waals surface area contributed by atoms with Gasteiger partial charge in [-0.05, 0) is 32.4 Å². The van der Waals surface area contributed by atoms with Gasteiger partial charge in [0.15, 0.2) is 0 Å². The summed E-state index contributed by atoms with van der Waals surface area (Å²) in [5, 5.41) is 0. The lowest BCUT2D eigenvalue weighted by molar-refractivity contribution is 0.292. The van der Waals surface area contributed by atoms with Gasteiger partial charge in [0, 0.05) is 19.1 Å². The number of nitrogens with two attached hydrogens (primary N) is 2. The summed E-state index contributed by atoms with van der Waals surface area (Å²) in [6.45, 7) is 4.13. The van der Waals surface area contributed by atoms with Gasteiger partial charge < -0.3 is 16.4 Å². The van der Waals surface area contributed by atoms with Crippen molar-refractivity contribution in [2.45, 2.75) is 25.3 Å². The second-order valence-electron chi connectivity index (χ2n) is 3.32. The molecule has 66 valence electrons. The molecule has 1 saturated heterocycles. The first-order valence-corrected chi connectivity index (χ1v) is 4.51. The molecular weight excluding hydrogens is 138 g/mol. The Morgan fingerprint density at radius 3 is 2.82 bits per heavy atom. The van der Waals surface area contributed by atoms with Crippen molar-refractivity contribution < 1.29 is 0 Å². The van der Waals surface area contributed by atoms with Crippen molar-refractivity contribution in [1.82, 2.24) is 4.90 Å². The zero-order chi connectivity index (χ0) is 8.10. The number of hydrogen-bond donors (Lipinski definition) is 2. The molecule has 0 bridgehead atoms. The highest BCUT2D eigenvalue weighted by Crippen LogP contribution is 2.07. The first-order valence-electron chi connectivity index (χ1n) is 4.51. The summed E-state index contributed by atoms with van der Waals surface area (Å²) >= 11 is 0. The third kappa shape index (κ3) is 3.18. The van der Waals surface area contributed by atoms with E-state index in [9.17, 15) is 0 Å². The van der Waals surface area contributed by atoms with Gasteiger partial charge in [-0.1, -0.05) is 0 Å².